The van der Waals surface area contributed by atoms with E-state index < -0.39 is 11.9 Å². The molecule has 0 bridgehead atoms. The lowest BCUT2D eigenvalue weighted by Crippen LogP contribution is -2.44. The second-order valence-electron chi connectivity index (χ2n) is 7.40. The molecule has 0 aliphatic carbocycles. The van der Waals surface area contributed by atoms with Gasteiger partial charge in [0.1, 0.15) is 5.69 Å². The van der Waals surface area contributed by atoms with Crippen molar-refractivity contribution in [3.8, 4) is 5.69 Å². The Hall–Kier alpha value is -2.06. The zero-order chi connectivity index (χ0) is 19.1. The Bertz CT molecular complexity index is 836. The van der Waals surface area contributed by atoms with Gasteiger partial charge in [0.05, 0.1) is 11.9 Å². The minimum Gasteiger partial charge on any atom is -0.339 e. The van der Waals surface area contributed by atoms with Crippen LogP contribution in [0.3, 0.4) is 0 Å². The molecule has 0 atom stereocenters. The van der Waals surface area contributed by atoms with Gasteiger partial charge in [-0.2, -0.15) is 18.3 Å². The maximum absolute atomic E-state index is 13.1. The monoisotopic (exact) mass is 414 g/mol. The smallest absolute Gasteiger partial charge is 0.339 e. The van der Waals surface area contributed by atoms with Crippen LogP contribution in [0.15, 0.2) is 36.5 Å². The van der Waals surface area contributed by atoms with Gasteiger partial charge >= 0.3 is 6.18 Å². The van der Waals surface area contributed by atoms with Crippen molar-refractivity contribution in [3.63, 3.8) is 0 Å². The Kier molecular flexibility index (Phi) is 5.72. The molecule has 2 aliphatic heterocycles. The van der Waals surface area contributed by atoms with Crippen molar-refractivity contribution in [2.45, 2.75) is 25.4 Å². The molecule has 5 nitrogen and oxygen atoms in total. The van der Waals surface area contributed by atoms with Crippen LogP contribution in [0.4, 0.5) is 13.2 Å². The van der Waals surface area contributed by atoms with Gasteiger partial charge in [-0.15, -0.1) is 12.4 Å². The molecule has 1 amide bonds. The molecule has 1 spiro atoms. The summed E-state index contributed by atoms with van der Waals surface area (Å²) in [4.78, 5) is 14.7. The van der Waals surface area contributed by atoms with Crippen LogP contribution >= 0.6 is 12.4 Å². The first-order valence-electron chi connectivity index (χ1n) is 9.10. The standard InChI is InChI=1S/C19H21F3N4O.ClH/c20-19(21,22)16-4-8-24-26(16)15-3-1-2-14(12-15)17(27)25-10-6-18(7-11-25)5-9-23-13-18;/h1-4,8,12,23H,5-7,9-11,13H2;1H. The molecular formula is C19H22ClF3N4O. The van der Waals surface area contributed by atoms with Crippen LogP contribution in [0.2, 0.25) is 0 Å². The normalized spacial score (nSPS) is 18.9. The molecule has 4 rings (SSSR count). The molecule has 2 aromatic rings. The predicted molar refractivity (Wildman–Crippen MR) is 101 cm³/mol. The van der Waals surface area contributed by atoms with Crippen LogP contribution < -0.4 is 5.32 Å². The van der Waals surface area contributed by atoms with E-state index in [1.54, 1.807) is 17.0 Å². The maximum atomic E-state index is 13.1. The van der Waals surface area contributed by atoms with Gasteiger partial charge in [0, 0.05) is 25.2 Å². The fourth-order valence-electron chi connectivity index (χ4n) is 4.08. The number of hydrogen-bond donors (Lipinski definition) is 1. The minimum absolute atomic E-state index is 0. The van der Waals surface area contributed by atoms with Crippen molar-refractivity contribution in [1.82, 2.24) is 20.0 Å². The lowest BCUT2D eigenvalue weighted by atomic mass is 9.78. The number of carbonyl (C=O) groups is 1. The third-order valence-electron chi connectivity index (χ3n) is 5.71. The van der Waals surface area contributed by atoms with E-state index in [4.69, 9.17) is 0 Å². The largest absolute Gasteiger partial charge is 0.433 e. The number of alkyl halides is 3. The highest BCUT2D eigenvalue weighted by atomic mass is 35.5. The van der Waals surface area contributed by atoms with Gasteiger partial charge in [-0.05, 0) is 55.5 Å². The average molecular weight is 415 g/mol. The van der Waals surface area contributed by atoms with Gasteiger partial charge < -0.3 is 10.2 Å². The third kappa shape index (κ3) is 3.89. The summed E-state index contributed by atoms with van der Waals surface area (Å²) in [6.45, 7) is 3.39. The molecule has 1 N–H and O–H groups in total. The van der Waals surface area contributed by atoms with E-state index in [1.807, 2.05) is 0 Å². The molecule has 9 heteroatoms. The van der Waals surface area contributed by atoms with Crippen molar-refractivity contribution in [3.05, 3.63) is 47.8 Å². The van der Waals surface area contributed by atoms with Gasteiger partial charge in [-0.25, -0.2) is 4.68 Å². The lowest BCUT2D eigenvalue weighted by Gasteiger charge is -2.39. The van der Waals surface area contributed by atoms with Crippen LogP contribution in [0.25, 0.3) is 5.69 Å². The van der Waals surface area contributed by atoms with Gasteiger partial charge in [-0.1, -0.05) is 6.07 Å². The Morgan fingerprint density at radius 3 is 2.54 bits per heavy atom. The van der Waals surface area contributed by atoms with E-state index in [0.29, 0.717) is 24.1 Å². The van der Waals surface area contributed by atoms with E-state index in [1.165, 1.54) is 12.1 Å². The zero-order valence-corrected chi connectivity index (χ0v) is 16.0. The number of nitrogens with one attached hydrogen (secondary N) is 1. The molecule has 2 fully saturated rings. The second kappa shape index (κ2) is 7.75. The van der Waals surface area contributed by atoms with E-state index in [9.17, 15) is 18.0 Å². The number of carbonyl (C=O) groups excluding carboxylic acids is 1. The van der Waals surface area contributed by atoms with E-state index in [2.05, 4.69) is 10.4 Å². The number of nitrogens with zero attached hydrogens (tertiary/aromatic N) is 3. The first-order chi connectivity index (χ1) is 12.9. The Balaban J connectivity index is 0.00000225. The highest BCUT2D eigenvalue weighted by Gasteiger charge is 2.38. The Labute approximate surface area is 167 Å². The summed E-state index contributed by atoms with van der Waals surface area (Å²) in [6.07, 6.45) is -0.334. The van der Waals surface area contributed by atoms with Crippen LogP contribution in [0, 0.1) is 5.41 Å². The van der Waals surface area contributed by atoms with Crippen molar-refractivity contribution in [2.24, 2.45) is 5.41 Å². The fourth-order valence-corrected chi connectivity index (χ4v) is 4.08. The van der Waals surface area contributed by atoms with Gasteiger partial charge in [0.15, 0.2) is 0 Å². The Morgan fingerprint density at radius 1 is 1.14 bits per heavy atom. The summed E-state index contributed by atoms with van der Waals surface area (Å²) < 4.78 is 40.2. The van der Waals surface area contributed by atoms with Crippen molar-refractivity contribution >= 4 is 18.3 Å². The third-order valence-corrected chi connectivity index (χ3v) is 5.71. The quantitative estimate of drug-likeness (QED) is 0.818. The minimum atomic E-state index is -4.51. The maximum Gasteiger partial charge on any atom is 0.433 e. The van der Waals surface area contributed by atoms with Gasteiger partial charge in [0.25, 0.3) is 5.91 Å². The molecule has 152 valence electrons. The lowest BCUT2D eigenvalue weighted by molar-refractivity contribution is -0.142. The van der Waals surface area contributed by atoms with E-state index in [-0.39, 0.29) is 24.0 Å². The van der Waals surface area contributed by atoms with Crippen molar-refractivity contribution in [1.29, 1.82) is 0 Å². The number of aromatic nitrogens is 2. The van der Waals surface area contributed by atoms with Gasteiger partial charge in [0.2, 0.25) is 0 Å². The Morgan fingerprint density at radius 2 is 1.89 bits per heavy atom. The molecular weight excluding hydrogens is 393 g/mol. The van der Waals surface area contributed by atoms with Gasteiger partial charge in [-0.3, -0.25) is 4.79 Å². The molecule has 0 unspecified atom stereocenters. The average Bonchev–Trinajstić information content (AvgIpc) is 3.32. The van der Waals surface area contributed by atoms with Crippen molar-refractivity contribution in [2.75, 3.05) is 26.2 Å². The highest BCUT2D eigenvalue weighted by Crippen LogP contribution is 2.37. The molecule has 2 aliphatic rings. The van der Waals surface area contributed by atoms with Crippen LogP contribution in [0.5, 0.6) is 0 Å². The van der Waals surface area contributed by atoms with Crippen LogP contribution in [-0.2, 0) is 6.18 Å². The van der Waals surface area contributed by atoms with E-state index in [0.717, 1.165) is 49.3 Å². The molecule has 0 radical (unpaired) electrons. The summed E-state index contributed by atoms with van der Waals surface area (Å²) in [5.74, 6) is -0.140. The molecule has 2 saturated heterocycles. The number of piperidine rings is 1. The zero-order valence-electron chi connectivity index (χ0n) is 15.2. The molecule has 28 heavy (non-hydrogen) atoms. The van der Waals surface area contributed by atoms with E-state index >= 15 is 0 Å². The first kappa shape index (κ1) is 20.7. The fraction of sp³-hybridized carbons (Fsp3) is 0.474. The summed E-state index contributed by atoms with van der Waals surface area (Å²) in [5.41, 5.74) is 0.0546. The predicted octanol–water partition coefficient (Wildman–Crippen LogP) is 3.53. The number of amides is 1. The highest BCUT2D eigenvalue weighted by molar-refractivity contribution is 5.94. The number of hydrogen-bond acceptors (Lipinski definition) is 3. The second-order valence-corrected chi connectivity index (χ2v) is 7.40. The molecule has 1 aromatic heterocycles. The van der Waals surface area contributed by atoms with Crippen LogP contribution in [0.1, 0.15) is 35.3 Å². The number of benzene rings is 1. The first-order valence-corrected chi connectivity index (χ1v) is 9.10. The number of rotatable bonds is 2. The number of halogens is 4. The summed E-state index contributed by atoms with van der Waals surface area (Å²) in [7, 11) is 0. The SMILES string of the molecule is Cl.O=C(c1cccc(-n2nccc2C(F)(F)F)c1)N1CCC2(CCNC2)CC1. The summed E-state index contributed by atoms with van der Waals surface area (Å²) in [6, 6.07) is 7.16. The summed E-state index contributed by atoms with van der Waals surface area (Å²) >= 11 is 0. The summed E-state index contributed by atoms with van der Waals surface area (Å²) in [5, 5.41) is 7.17. The topological polar surface area (TPSA) is 50.2 Å². The van der Waals surface area contributed by atoms with Crippen molar-refractivity contribution < 1.29 is 18.0 Å². The molecule has 1 aromatic carbocycles. The van der Waals surface area contributed by atoms with Crippen LogP contribution in [-0.4, -0.2) is 46.8 Å². The number of likely N-dealkylation sites (tertiary alicyclic amines) is 1. The molecule has 0 saturated carbocycles. The molecule has 3 heterocycles.